The highest BCUT2D eigenvalue weighted by atomic mass is 32.2. The number of amides is 2. The average Bonchev–Trinajstić information content (AvgIpc) is 2.84. The minimum absolute atomic E-state index is 0.0192. The predicted octanol–water partition coefficient (Wildman–Crippen LogP) is 3.00. The molecule has 2 amide bonds. The zero-order chi connectivity index (χ0) is 22.3. The second-order valence-corrected chi connectivity index (χ2v) is 7.89. The third-order valence-corrected chi connectivity index (χ3v) is 5.67. The van der Waals surface area contributed by atoms with Crippen LogP contribution in [0.3, 0.4) is 0 Å². The molecule has 0 fully saturated rings. The van der Waals surface area contributed by atoms with Gasteiger partial charge in [0.1, 0.15) is 0 Å². The molecule has 32 heavy (non-hydrogen) atoms. The number of hydrogen-bond acceptors (Lipinski definition) is 5. The van der Waals surface area contributed by atoms with Crippen molar-refractivity contribution < 1.29 is 9.59 Å². The highest BCUT2D eigenvalue weighted by Gasteiger charge is 2.14. The largest absolute Gasteiger partial charge is 0.283 e. The second-order valence-electron chi connectivity index (χ2n) is 6.95. The van der Waals surface area contributed by atoms with Crippen LogP contribution in [0.15, 0.2) is 94.9 Å². The van der Waals surface area contributed by atoms with Gasteiger partial charge in [-0.15, -0.1) is 0 Å². The third kappa shape index (κ3) is 5.04. The van der Waals surface area contributed by atoms with Crippen LogP contribution in [0.25, 0.3) is 10.9 Å². The van der Waals surface area contributed by atoms with Gasteiger partial charge in [0, 0.05) is 5.56 Å². The Morgan fingerprint density at radius 3 is 2.25 bits per heavy atom. The molecule has 0 aliphatic heterocycles. The van der Waals surface area contributed by atoms with Crippen LogP contribution in [-0.4, -0.2) is 27.1 Å². The SMILES string of the molecule is O=C(CSc1nc2ccccc2c(=O)n1Cc1ccccc1)NNC(=O)c1ccccc1. The molecule has 0 aliphatic carbocycles. The summed E-state index contributed by atoms with van der Waals surface area (Å²) in [6.07, 6.45) is 0. The van der Waals surface area contributed by atoms with Crippen molar-refractivity contribution in [1.82, 2.24) is 20.4 Å². The fourth-order valence-corrected chi connectivity index (χ4v) is 3.92. The van der Waals surface area contributed by atoms with Crippen molar-refractivity contribution in [2.24, 2.45) is 0 Å². The lowest BCUT2D eigenvalue weighted by Gasteiger charge is -2.13. The Kier molecular flexibility index (Phi) is 6.62. The summed E-state index contributed by atoms with van der Waals surface area (Å²) in [5.41, 5.74) is 6.58. The molecule has 0 saturated heterocycles. The van der Waals surface area contributed by atoms with Gasteiger partial charge >= 0.3 is 0 Å². The molecular formula is C24H20N4O3S. The van der Waals surface area contributed by atoms with Crippen LogP contribution in [-0.2, 0) is 11.3 Å². The van der Waals surface area contributed by atoms with Crippen molar-refractivity contribution in [3.05, 3.63) is 106 Å². The maximum Gasteiger partial charge on any atom is 0.269 e. The molecule has 0 bridgehead atoms. The molecule has 0 atom stereocenters. The summed E-state index contributed by atoms with van der Waals surface area (Å²) >= 11 is 1.14. The van der Waals surface area contributed by atoms with Gasteiger partial charge in [-0.1, -0.05) is 72.4 Å². The zero-order valence-electron chi connectivity index (χ0n) is 17.0. The number of aromatic nitrogens is 2. The van der Waals surface area contributed by atoms with Crippen LogP contribution < -0.4 is 16.4 Å². The van der Waals surface area contributed by atoms with E-state index in [9.17, 15) is 14.4 Å². The molecule has 8 heteroatoms. The van der Waals surface area contributed by atoms with Crippen molar-refractivity contribution >= 4 is 34.5 Å². The Morgan fingerprint density at radius 2 is 1.50 bits per heavy atom. The number of fused-ring (bicyclic) bond motifs is 1. The van der Waals surface area contributed by atoms with Crippen LogP contribution in [0.2, 0.25) is 0 Å². The molecule has 2 N–H and O–H groups in total. The number of hydrazine groups is 1. The lowest BCUT2D eigenvalue weighted by Crippen LogP contribution is -2.42. The van der Waals surface area contributed by atoms with E-state index in [-0.39, 0.29) is 11.3 Å². The Hall–Kier alpha value is -3.91. The van der Waals surface area contributed by atoms with E-state index in [1.165, 1.54) is 0 Å². The first-order valence-electron chi connectivity index (χ1n) is 9.92. The smallest absolute Gasteiger partial charge is 0.269 e. The summed E-state index contributed by atoms with van der Waals surface area (Å²) in [6.45, 7) is 0.339. The summed E-state index contributed by atoms with van der Waals surface area (Å²) in [4.78, 5) is 42.1. The Balaban J connectivity index is 1.50. The topological polar surface area (TPSA) is 93.1 Å². The van der Waals surface area contributed by atoms with Crippen molar-refractivity contribution in [3.63, 3.8) is 0 Å². The maximum atomic E-state index is 13.1. The number of rotatable bonds is 6. The van der Waals surface area contributed by atoms with E-state index in [1.54, 1.807) is 53.1 Å². The lowest BCUT2D eigenvalue weighted by molar-refractivity contribution is -0.119. The maximum absolute atomic E-state index is 13.1. The van der Waals surface area contributed by atoms with E-state index in [2.05, 4.69) is 15.8 Å². The fraction of sp³-hybridized carbons (Fsp3) is 0.0833. The first-order valence-corrected chi connectivity index (χ1v) is 10.9. The quantitative estimate of drug-likeness (QED) is 0.271. The van der Waals surface area contributed by atoms with Gasteiger partial charge in [0.25, 0.3) is 11.5 Å². The molecule has 0 radical (unpaired) electrons. The summed E-state index contributed by atoms with van der Waals surface area (Å²) in [6, 6.07) is 25.3. The summed E-state index contributed by atoms with van der Waals surface area (Å²) in [5, 5.41) is 0.953. The van der Waals surface area contributed by atoms with E-state index in [0.717, 1.165) is 17.3 Å². The number of nitrogens with zero attached hydrogens (tertiary/aromatic N) is 2. The van der Waals surface area contributed by atoms with Gasteiger partial charge in [-0.2, -0.15) is 0 Å². The van der Waals surface area contributed by atoms with Gasteiger partial charge in [0.05, 0.1) is 23.2 Å². The highest BCUT2D eigenvalue weighted by Crippen LogP contribution is 2.18. The number of carbonyl (C=O) groups is 2. The predicted molar refractivity (Wildman–Crippen MR) is 124 cm³/mol. The Morgan fingerprint density at radius 1 is 0.844 bits per heavy atom. The molecule has 7 nitrogen and oxygen atoms in total. The molecule has 0 unspecified atom stereocenters. The number of nitrogens with one attached hydrogen (secondary N) is 2. The molecule has 3 aromatic carbocycles. The van der Waals surface area contributed by atoms with Gasteiger partial charge in [-0.25, -0.2) is 4.98 Å². The first kappa shape index (κ1) is 21.3. The number of thioether (sulfide) groups is 1. The highest BCUT2D eigenvalue weighted by molar-refractivity contribution is 7.99. The van der Waals surface area contributed by atoms with E-state index in [1.807, 2.05) is 36.4 Å². The Labute approximate surface area is 188 Å². The molecule has 1 aromatic heterocycles. The van der Waals surface area contributed by atoms with Crippen molar-refractivity contribution in [3.8, 4) is 0 Å². The molecule has 0 saturated carbocycles. The van der Waals surface area contributed by atoms with Gasteiger partial charge in [-0.05, 0) is 29.8 Å². The molecule has 0 aliphatic rings. The number of carbonyl (C=O) groups excluding carboxylic acids is 2. The normalized spacial score (nSPS) is 10.6. The monoisotopic (exact) mass is 444 g/mol. The first-order chi connectivity index (χ1) is 15.6. The van der Waals surface area contributed by atoms with Gasteiger partial charge in [-0.3, -0.25) is 29.8 Å². The summed E-state index contributed by atoms with van der Waals surface area (Å²) in [7, 11) is 0. The van der Waals surface area contributed by atoms with Gasteiger partial charge in [0.15, 0.2) is 5.16 Å². The van der Waals surface area contributed by atoms with Crippen molar-refractivity contribution in [2.75, 3.05) is 5.75 Å². The fourth-order valence-electron chi connectivity index (χ4n) is 3.12. The van der Waals surface area contributed by atoms with Gasteiger partial charge in [0.2, 0.25) is 5.91 Å². The second kappa shape index (κ2) is 9.93. The van der Waals surface area contributed by atoms with Crippen LogP contribution in [0.1, 0.15) is 15.9 Å². The molecule has 1 heterocycles. The number of para-hydroxylation sites is 1. The number of benzene rings is 3. The summed E-state index contributed by atoms with van der Waals surface area (Å²) < 4.78 is 1.57. The van der Waals surface area contributed by atoms with Crippen molar-refractivity contribution in [1.29, 1.82) is 0 Å². The van der Waals surface area contributed by atoms with Crippen LogP contribution >= 0.6 is 11.8 Å². The van der Waals surface area contributed by atoms with Crippen molar-refractivity contribution in [2.45, 2.75) is 11.7 Å². The molecule has 160 valence electrons. The van der Waals surface area contributed by atoms with Crippen LogP contribution in [0.5, 0.6) is 0 Å². The third-order valence-electron chi connectivity index (χ3n) is 4.69. The lowest BCUT2D eigenvalue weighted by atomic mass is 10.2. The Bertz CT molecular complexity index is 1310. The van der Waals surface area contributed by atoms with Crippen LogP contribution in [0, 0.1) is 0 Å². The standard InChI is InChI=1S/C24H20N4O3S/c29-21(26-27-22(30)18-11-5-2-6-12-18)16-32-24-25-20-14-8-7-13-19(20)23(31)28(24)15-17-9-3-1-4-10-17/h1-14H,15-16H2,(H,26,29)(H,27,30). The molecule has 0 spiro atoms. The molecular weight excluding hydrogens is 424 g/mol. The van der Waals surface area contributed by atoms with Crippen LogP contribution in [0.4, 0.5) is 0 Å². The minimum Gasteiger partial charge on any atom is -0.283 e. The van der Waals surface area contributed by atoms with E-state index >= 15 is 0 Å². The average molecular weight is 445 g/mol. The summed E-state index contributed by atoms with van der Waals surface area (Å²) in [5.74, 6) is -0.837. The van der Waals surface area contributed by atoms with E-state index in [0.29, 0.717) is 28.2 Å². The van der Waals surface area contributed by atoms with Gasteiger partial charge < -0.3 is 0 Å². The molecule has 4 aromatic rings. The minimum atomic E-state index is -0.409. The number of hydrogen-bond donors (Lipinski definition) is 2. The van der Waals surface area contributed by atoms with E-state index in [4.69, 9.17) is 0 Å². The van der Waals surface area contributed by atoms with E-state index < -0.39 is 11.8 Å². The zero-order valence-corrected chi connectivity index (χ0v) is 17.8. The molecule has 4 rings (SSSR count).